The first-order valence-corrected chi connectivity index (χ1v) is 12.1. The van der Waals surface area contributed by atoms with Crippen LogP contribution in [0.25, 0.3) is 6.08 Å². The molecular formula is C20H22ClN3O5S2. The number of thiophene rings is 1. The van der Waals surface area contributed by atoms with Crippen molar-refractivity contribution in [2.75, 3.05) is 45.2 Å². The maximum atomic E-state index is 12.9. The Bertz CT molecular complexity index is 1060. The van der Waals surface area contributed by atoms with E-state index in [1.165, 1.54) is 51.9 Å². The molecule has 0 spiro atoms. The number of nitrogens with zero attached hydrogens (tertiary/aromatic N) is 2. The number of anilines is 1. The molecule has 2 aromatic rings. The highest BCUT2D eigenvalue weighted by Crippen LogP contribution is 2.28. The second-order valence-corrected chi connectivity index (χ2v) is 10.0. The number of benzene rings is 1. The molecule has 166 valence electrons. The maximum absolute atomic E-state index is 12.9. The van der Waals surface area contributed by atoms with Gasteiger partial charge in [-0.1, -0.05) is 17.7 Å². The van der Waals surface area contributed by atoms with E-state index in [-0.39, 0.29) is 41.1 Å². The molecule has 1 aliphatic rings. The molecule has 11 heteroatoms. The molecule has 1 fully saturated rings. The summed E-state index contributed by atoms with van der Waals surface area (Å²) in [5, 5.41) is 4.59. The van der Waals surface area contributed by atoms with Gasteiger partial charge in [0.05, 0.1) is 24.8 Å². The van der Waals surface area contributed by atoms with Crippen LogP contribution in [0.4, 0.5) is 5.69 Å². The SMILES string of the molecule is CN(CC(=O)Nc1ccc(Cl)c(S(=O)(=O)N2CCOCC2)c1)C(=O)C=Cc1cccs1. The first-order valence-electron chi connectivity index (χ1n) is 9.41. The van der Waals surface area contributed by atoms with E-state index in [4.69, 9.17) is 16.3 Å². The number of carbonyl (C=O) groups is 2. The smallest absolute Gasteiger partial charge is 0.246 e. The van der Waals surface area contributed by atoms with Crippen LogP contribution in [0, 0.1) is 0 Å². The summed E-state index contributed by atoms with van der Waals surface area (Å²) in [7, 11) is -2.31. The van der Waals surface area contributed by atoms with Crippen molar-refractivity contribution in [1.82, 2.24) is 9.21 Å². The first kappa shape index (κ1) is 23.4. The molecule has 3 rings (SSSR count). The van der Waals surface area contributed by atoms with Crippen molar-refractivity contribution in [3.63, 3.8) is 0 Å². The van der Waals surface area contributed by atoms with Gasteiger partial charge in [-0.05, 0) is 35.7 Å². The zero-order valence-corrected chi connectivity index (χ0v) is 19.2. The fraction of sp³-hybridized carbons (Fsp3) is 0.300. The molecule has 1 saturated heterocycles. The van der Waals surface area contributed by atoms with Gasteiger partial charge in [0, 0.05) is 36.8 Å². The number of rotatable bonds is 7. The standard InChI is InChI=1S/C20H22ClN3O5S2/c1-23(20(26)7-5-16-3-2-12-30-16)14-19(25)22-15-4-6-17(21)18(13-15)31(27,28)24-8-10-29-11-9-24/h2-7,12-13H,8-11,14H2,1H3,(H,22,25). The summed E-state index contributed by atoms with van der Waals surface area (Å²) in [5.41, 5.74) is 0.274. The molecule has 8 nitrogen and oxygen atoms in total. The Hall–Kier alpha value is -2.24. The number of hydrogen-bond acceptors (Lipinski definition) is 6. The van der Waals surface area contributed by atoms with Crippen LogP contribution < -0.4 is 5.32 Å². The van der Waals surface area contributed by atoms with Crippen LogP contribution in [0.3, 0.4) is 0 Å². The van der Waals surface area contributed by atoms with Gasteiger partial charge in [0.15, 0.2) is 0 Å². The minimum Gasteiger partial charge on any atom is -0.379 e. The molecule has 2 heterocycles. The zero-order valence-electron chi connectivity index (χ0n) is 16.8. The van der Waals surface area contributed by atoms with Gasteiger partial charge in [-0.3, -0.25) is 9.59 Å². The molecule has 0 radical (unpaired) electrons. The lowest BCUT2D eigenvalue weighted by atomic mass is 10.3. The lowest BCUT2D eigenvalue weighted by Gasteiger charge is -2.26. The highest BCUT2D eigenvalue weighted by atomic mass is 35.5. The summed E-state index contributed by atoms with van der Waals surface area (Å²) in [6, 6.07) is 8.01. The number of hydrogen-bond donors (Lipinski definition) is 1. The summed E-state index contributed by atoms with van der Waals surface area (Å²) in [6.07, 6.45) is 3.08. The third-order valence-corrected chi connectivity index (χ3v) is 7.71. The van der Waals surface area contributed by atoms with E-state index in [2.05, 4.69) is 5.32 Å². The lowest BCUT2D eigenvalue weighted by molar-refractivity contribution is -0.129. The Morgan fingerprint density at radius 2 is 2.03 bits per heavy atom. The molecule has 2 amide bonds. The summed E-state index contributed by atoms with van der Waals surface area (Å²) < 4.78 is 32.3. The minimum absolute atomic E-state index is 0.0653. The summed E-state index contributed by atoms with van der Waals surface area (Å²) in [6.45, 7) is 0.910. The summed E-state index contributed by atoms with van der Waals surface area (Å²) in [4.78, 5) is 26.7. The van der Waals surface area contributed by atoms with Crippen LogP contribution in [0.5, 0.6) is 0 Å². The second kappa shape index (κ2) is 10.4. The van der Waals surface area contributed by atoms with Crippen LogP contribution in [-0.4, -0.2) is 69.3 Å². The molecule has 1 aliphatic heterocycles. The number of sulfonamides is 1. The van der Waals surface area contributed by atoms with E-state index in [9.17, 15) is 18.0 Å². The number of ether oxygens (including phenoxy) is 1. The van der Waals surface area contributed by atoms with Crippen LogP contribution in [0.1, 0.15) is 4.88 Å². The highest BCUT2D eigenvalue weighted by molar-refractivity contribution is 7.89. The summed E-state index contributed by atoms with van der Waals surface area (Å²) >= 11 is 7.63. The number of carbonyl (C=O) groups excluding carboxylic acids is 2. The number of halogens is 1. The van der Waals surface area contributed by atoms with E-state index < -0.39 is 15.9 Å². The van der Waals surface area contributed by atoms with Gasteiger partial charge in [-0.2, -0.15) is 4.31 Å². The molecule has 0 bridgehead atoms. The quantitative estimate of drug-likeness (QED) is 0.610. The van der Waals surface area contributed by atoms with Crippen molar-refractivity contribution in [2.45, 2.75) is 4.90 Å². The molecule has 0 unspecified atom stereocenters. The average molecular weight is 484 g/mol. The Kier molecular flexibility index (Phi) is 7.84. The highest BCUT2D eigenvalue weighted by Gasteiger charge is 2.28. The van der Waals surface area contributed by atoms with Crippen molar-refractivity contribution in [2.24, 2.45) is 0 Å². The van der Waals surface area contributed by atoms with Gasteiger partial charge in [-0.25, -0.2) is 8.42 Å². The Morgan fingerprint density at radius 3 is 2.71 bits per heavy atom. The van der Waals surface area contributed by atoms with Crippen molar-refractivity contribution >= 4 is 56.5 Å². The van der Waals surface area contributed by atoms with Crippen molar-refractivity contribution in [1.29, 1.82) is 0 Å². The molecule has 0 aliphatic carbocycles. The van der Waals surface area contributed by atoms with Crippen LogP contribution in [0.15, 0.2) is 46.7 Å². The fourth-order valence-electron chi connectivity index (χ4n) is 2.87. The number of amides is 2. The number of nitrogens with one attached hydrogen (secondary N) is 1. The molecule has 1 N–H and O–H groups in total. The van der Waals surface area contributed by atoms with Crippen molar-refractivity contribution in [3.05, 3.63) is 51.7 Å². The average Bonchev–Trinajstić information content (AvgIpc) is 3.27. The van der Waals surface area contributed by atoms with Gasteiger partial charge in [0.25, 0.3) is 0 Å². The topological polar surface area (TPSA) is 96.0 Å². The predicted octanol–water partition coefficient (Wildman–Crippen LogP) is 2.53. The lowest BCUT2D eigenvalue weighted by Crippen LogP contribution is -2.40. The first-order chi connectivity index (χ1) is 14.8. The third-order valence-electron chi connectivity index (χ3n) is 4.49. The van der Waals surface area contributed by atoms with Gasteiger partial charge >= 0.3 is 0 Å². The normalized spacial score (nSPS) is 15.2. The Labute approximate surface area is 190 Å². The van der Waals surface area contributed by atoms with E-state index in [1.807, 2.05) is 17.5 Å². The van der Waals surface area contributed by atoms with Crippen LogP contribution >= 0.6 is 22.9 Å². The van der Waals surface area contributed by atoms with Crippen molar-refractivity contribution < 1.29 is 22.7 Å². The van der Waals surface area contributed by atoms with Crippen molar-refractivity contribution in [3.8, 4) is 0 Å². The molecular weight excluding hydrogens is 462 g/mol. The van der Waals surface area contributed by atoms with Crippen LogP contribution in [-0.2, 0) is 24.3 Å². The monoisotopic (exact) mass is 483 g/mol. The summed E-state index contributed by atoms with van der Waals surface area (Å²) in [5.74, 6) is -0.785. The minimum atomic E-state index is -3.82. The molecule has 0 saturated carbocycles. The van der Waals surface area contributed by atoms with E-state index >= 15 is 0 Å². The third kappa shape index (κ3) is 6.14. The second-order valence-electron chi connectivity index (χ2n) is 6.75. The van der Waals surface area contributed by atoms with Gasteiger partial charge in [0.2, 0.25) is 21.8 Å². The maximum Gasteiger partial charge on any atom is 0.246 e. The Balaban J connectivity index is 1.65. The van der Waals surface area contributed by atoms with Crippen LogP contribution in [0.2, 0.25) is 5.02 Å². The zero-order chi connectivity index (χ0) is 22.4. The number of morpholine rings is 1. The molecule has 1 aromatic carbocycles. The number of likely N-dealkylation sites (N-methyl/N-ethyl adjacent to an activating group) is 1. The van der Waals surface area contributed by atoms with E-state index in [0.717, 1.165) is 4.88 Å². The molecule has 0 atom stereocenters. The largest absolute Gasteiger partial charge is 0.379 e. The van der Waals surface area contributed by atoms with E-state index in [1.54, 1.807) is 6.08 Å². The van der Waals surface area contributed by atoms with E-state index in [0.29, 0.717) is 13.2 Å². The predicted molar refractivity (Wildman–Crippen MR) is 121 cm³/mol. The molecule has 31 heavy (non-hydrogen) atoms. The van der Waals surface area contributed by atoms with Gasteiger partial charge in [0.1, 0.15) is 4.90 Å². The van der Waals surface area contributed by atoms with Gasteiger partial charge in [-0.15, -0.1) is 11.3 Å². The Morgan fingerprint density at radius 1 is 1.29 bits per heavy atom. The molecule has 1 aromatic heterocycles. The fourth-order valence-corrected chi connectivity index (χ4v) is 5.39. The van der Waals surface area contributed by atoms with Gasteiger partial charge < -0.3 is 15.0 Å².